The number of rotatable bonds is 5. The molecule has 0 aliphatic heterocycles. The van der Waals surface area contributed by atoms with Crippen LogP contribution in [0.4, 0.5) is 13.2 Å². The highest BCUT2D eigenvalue weighted by atomic mass is 19.4. The minimum atomic E-state index is -4.09. The standard InChI is InChI=1S/C13H18F3N/c1-3-10-5-4-6-11(9-10)12(17-2)7-8-13(14,15)16/h4-6,9,12,17H,3,7-8H2,1-2H3. The molecule has 96 valence electrons. The van der Waals surface area contributed by atoms with Gasteiger partial charge in [-0.15, -0.1) is 0 Å². The molecule has 0 aliphatic carbocycles. The third-order valence-electron chi connectivity index (χ3n) is 2.83. The van der Waals surface area contributed by atoms with Gasteiger partial charge in [0.05, 0.1) is 0 Å². The number of hydrogen-bond donors (Lipinski definition) is 1. The van der Waals surface area contributed by atoms with E-state index in [9.17, 15) is 13.2 Å². The van der Waals surface area contributed by atoms with Crippen LogP contribution in [0.5, 0.6) is 0 Å². The Bertz CT molecular complexity index is 347. The van der Waals surface area contributed by atoms with E-state index in [0.717, 1.165) is 17.5 Å². The first-order chi connectivity index (χ1) is 7.96. The van der Waals surface area contributed by atoms with E-state index in [0.29, 0.717) is 0 Å². The number of alkyl halides is 3. The van der Waals surface area contributed by atoms with Crippen molar-refractivity contribution in [3.8, 4) is 0 Å². The summed E-state index contributed by atoms with van der Waals surface area (Å²) in [6.45, 7) is 2.03. The molecule has 1 atom stereocenters. The zero-order chi connectivity index (χ0) is 12.9. The van der Waals surface area contributed by atoms with Crippen molar-refractivity contribution in [3.05, 3.63) is 35.4 Å². The second-order valence-corrected chi connectivity index (χ2v) is 4.09. The Balaban J connectivity index is 2.72. The van der Waals surface area contributed by atoms with Crippen LogP contribution in [0.15, 0.2) is 24.3 Å². The van der Waals surface area contributed by atoms with Crippen molar-refractivity contribution in [1.82, 2.24) is 5.32 Å². The first-order valence-electron chi connectivity index (χ1n) is 5.79. The lowest BCUT2D eigenvalue weighted by atomic mass is 9.99. The van der Waals surface area contributed by atoms with Gasteiger partial charge in [0.15, 0.2) is 0 Å². The van der Waals surface area contributed by atoms with Gasteiger partial charge in [-0.3, -0.25) is 0 Å². The third kappa shape index (κ3) is 4.77. The molecule has 0 aromatic heterocycles. The smallest absolute Gasteiger partial charge is 0.313 e. The molecule has 0 aliphatic rings. The number of benzene rings is 1. The summed E-state index contributed by atoms with van der Waals surface area (Å²) in [6.07, 6.45) is -3.87. The van der Waals surface area contributed by atoms with Gasteiger partial charge < -0.3 is 5.32 Å². The highest BCUT2D eigenvalue weighted by Gasteiger charge is 2.28. The average molecular weight is 245 g/mol. The number of aryl methyl sites for hydroxylation is 1. The molecule has 1 nitrogen and oxygen atoms in total. The summed E-state index contributed by atoms with van der Waals surface area (Å²) in [4.78, 5) is 0. The summed E-state index contributed by atoms with van der Waals surface area (Å²) in [5.74, 6) is 0. The van der Waals surface area contributed by atoms with Crippen LogP contribution in [0.2, 0.25) is 0 Å². The van der Waals surface area contributed by atoms with E-state index in [-0.39, 0.29) is 12.5 Å². The Kier molecular flexibility index (Phi) is 5.00. The Morgan fingerprint density at radius 2 is 2.00 bits per heavy atom. The van der Waals surface area contributed by atoms with Crippen LogP contribution in [0.1, 0.15) is 36.9 Å². The van der Waals surface area contributed by atoms with E-state index in [1.807, 2.05) is 31.2 Å². The lowest BCUT2D eigenvalue weighted by Gasteiger charge is -2.18. The van der Waals surface area contributed by atoms with Crippen LogP contribution in [0.25, 0.3) is 0 Å². The maximum absolute atomic E-state index is 12.2. The highest BCUT2D eigenvalue weighted by Crippen LogP contribution is 2.27. The zero-order valence-electron chi connectivity index (χ0n) is 10.1. The third-order valence-corrected chi connectivity index (χ3v) is 2.83. The molecule has 4 heteroatoms. The molecule has 0 fully saturated rings. The molecule has 0 heterocycles. The first kappa shape index (κ1) is 14.0. The fraction of sp³-hybridized carbons (Fsp3) is 0.538. The van der Waals surface area contributed by atoms with Gasteiger partial charge in [0.1, 0.15) is 0 Å². The Morgan fingerprint density at radius 3 is 2.53 bits per heavy atom. The largest absolute Gasteiger partial charge is 0.389 e. The van der Waals surface area contributed by atoms with Crippen LogP contribution in [0, 0.1) is 0 Å². The maximum atomic E-state index is 12.2. The number of nitrogens with one attached hydrogen (secondary N) is 1. The molecule has 0 bridgehead atoms. The molecule has 1 aromatic rings. The second kappa shape index (κ2) is 6.05. The van der Waals surface area contributed by atoms with Crippen molar-refractivity contribution in [2.45, 2.75) is 38.4 Å². The summed E-state index contributed by atoms with van der Waals surface area (Å²) >= 11 is 0. The Morgan fingerprint density at radius 1 is 1.29 bits per heavy atom. The molecule has 1 unspecified atom stereocenters. The van der Waals surface area contributed by atoms with E-state index < -0.39 is 12.6 Å². The highest BCUT2D eigenvalue weighted by molar-refractivity contribution is 5.26. The van der Waals surface area contributed by atoms with Gasteiger partial charge in [0.2, 0.25) is 0 Å². The van der Waals surface area contributed by atoms with Crippen LogP contribution >= 0.6 is 0 Å². The minimum absolute atomic E-state index is 0.0766. The summed E-state index contributed by atoms with van der Waals surface area (Å²) in [7, 11) is 1.69. The SMILES string of the molecule is CCc1cccc(C(CCC(F)(F)F)NC)c1. The van der Waals surface area contributed by atoms with Crippen LogP contribution < -0.4 is 5.32 Å². The lowest BCUT2D eigenvalue weighted by Crippen LogP contribution is -2.19. The molecule has 1 rings (SSSR count). The van der Waals surface area contributed by atoms with Gasteiger partial charge in [-0.2, -0.15) is 13.2 Å². The summed E-state index contributed by atoms with van der Waals surface area (Å²) in [5.41, 5.74) is 2.07. The molecule has 0 amide bonds. The zero-order valence-corrected chi connectivity index (χ0v) is 10.1. The molecule has 1 aromatic carbocycles. The summed E-state index contributed by atoms with van der Waals surface area (Å²) < 4.78 is 36.6. The van der Waals surface area contributed by atoms with Crippen LogP contribution in [-0.4, -0.2) is 13.2 Å². The van der Waals surface area contributed by atoms with Crippen molar-refractivity contribution in [1.29, 1.82) is 0 Å². The van der Waals surface area contributed by atoms with Crippen molar-refractivity contribution >= 4 is 0 Å². The number of halogens is 3. The quantitative estimate of drug-likeness (QED) is 0.830. The predicted octanol–water partition coefficient (Wildman–Crippen LogP) is 3.85. The Hall–Kier alpha value is -1.03. The monoisotopic (exact) mass is 245 g/mol. The Labute approximate surface area is 100 Å². The lowest BCUT2D eigenvalue weighted by molar-refractivity contribution is -0.136. The molecule has 17 heavy (non-hydrogen) atoms. The van der Waals surface area contributed by atoms with E-state index >= 15 is 0 Å². The maximum Gasteiger partial charge on any atom is 0.389 e. The molecule has 0 saturated heterocycles. The van der Waals surface area contributed by atoms with E-state index in [1.54, 1.807) is 7.05 Å². The summed E-state index contributed by atoms with van der Waals surface area (Å²) in [5, 5.41) is 2.94. The van der Waals surface area contributed by atoms with Gasteiger partial charge >= 0.3 is 6.18 Å². The van der Waals surface area contributed by atoms with Gasteiger partial charge in [-0.25, -0.2) is 0 Å². The van der Waals surface area contributed by atoms with Crippen LogP contribution in [0.3, 0.4) is 0 Å². The topological polar surface area (TPSA) is 12.0 Å². The fourth-order valence-corrected chi connectivity index (χ4v) is 1.82. The van der Waals surface area contributed by atoms with E-state index in [1.165, 1.54) is 0 Å². The first-order valence-corrected chi connectivity index (χ1v) is 5.79. The normalized spacial score (nSPS) is 13.7. The van der Waals surface area contributed by atoms with Crippen LogP contribution in [-0.2, 0) is 6.42 Å². The average Bonchev–Trinajstić information content (AvgIpc) is 2.29. The van der Waals surface area contributed by atoms with Crippen molar-refractivity contribution in [2.75, 3.05) is 7.05 Å². The molecule has 0 saturated carbocycles. The molecule has 0 radical (unpaired) electrons. The number of hydrogen-bond acceptors (Lipinski definition) is 1. The van der Waals surface area contributed by atoms with Gasteiger partial charge in [-0.05, 0) is 31.0 Å². The predicted molar refractivity (Wildman–Crippen MR) is 62.9 cm³/mol. The van der Waals surface area contributed by atoms with Crippen molar-refractivity contribution in [3.63, 3.8) is 0 Å². The van der Waals surface area contributed by atoms with Crippen molar-refractivity contribution in [2.24, 2.45) is 0 Å². The minimum Gasteiger partial charge on any atom is -0.313 e. The molecule has 1 N–H and O–H groups in total. The second-order valence-electron chi connectivity index (χ2n) is 4.09. The fourth-order valence-electron chi connectivity index (χ4n) is 1.82. The van der Waals surface area contributed by atoms with E-state index in [4.69, 9.17) is 0 Å². The molecular formula is C13H18F3N. The van der Waals surface area contributed by atoms with Gasteiger partial charge in [0, 0.05) is 12.5 Å². The summed E-state index contributed by atoms with van der Waals surface area (Å²) in [6, 6.07) is 7.49. The molecule has 0 spiro atoms. The van der Waals surface area contributed by atoms with Crippen molar-refractivity contribution < 1.29 is 13.2 Å². The van der Waals surface area contributed by atoms with Gasteiger partial charge in [-0.1, -0.05) is 31.2 Å². The van der Waals surface area contributed by atoms with Gasteiger partial charge in [0.25, 0.3) is 0 Å². The van der Waals surface area contributed by atoms with E-state index in [2.05, 4.69) is 5.32 Å². The molecular weight excluding hydrogens is 227 g/mol.